The standard InChI is InChI=1S/C7H13NO3/c1-2-11-7(10)5-3-4-6(8)9/h2-5H2,1H3,(H2,8,9). The molecular weight excluding hydrogens is 146 g/mol. The first-order valence-corrected chi connectivity index (χ1v) is 3.60. The lowest BCUT2D eigenvalue weighted by Crippen LogP contribution is -2.11. The molecule has 1 amide bonds. The first kappa shape index (κ1) is 9.94. The summed E-state index contributed by atoms with van der Waals surface area (Å²) in [5, 5.41) is 0. The van der Waals surface area contributed by atoms with Crippen LogP contribution >= 0.6 is 0 Å². The third kappa shape index (κ3) is 6.83. The van der Waals surface area contributed by atoms with Crippen LogP contribution in [0.25, 0.3) is 0 Å². The molecule has 0 aliphatic rings. The normalized spacial score (nSPS) is 9.18. The second-order valence-corrected chi connectivity index (χ2v) is 2.12. The van der Waals surface area contributed by atoms with Crippen LogP contribution in [0.1, 0.15) is 26.2 Å². The van der Waals surface area contributed by atoms with Crippen molar-refractivity contribution in [3.8, 4) is 0 Å². The Labute approximate surface area is 65.7 Å². The summed E-state index contributed by atoms with van der Waals surface area (Å²) < 4.78 is 4.63. The highest BCUT2D eigenvalue weighted by molar-refractivity contribution is 5.75. The van der Waals surface area contributed by atoms with E-state index in [1.807, 2.05) is 0 Å². The van der Waals surface area contributed by atoms with Gasteiger partial charge >= 0.3 is 5.97 Å². The summed E-state index contributed by atoms with van der Waals surface area (Å²) in [6.45, 7) is 2.13. The van der Waals surface area contributed by atoms with Crippen LogP contribution in [0.3, 0.4) is 0 Å². The molecule has 0 aliphatic heterocycles. The molecule has 11 heavy (non-hydrogen) atoms. The van der Waals surface area contributed by atoms with E-state index in [0.717, 1.165) is 0 Å². The molecule has 0 aromatic carbocycles. The van der Waals surface area contributed by atoms with E-state index in [1.165, 1.54) is 0 Å². The van der Waals surface area contributed by atoms with Gasteiger partial charge in [-0.1, -0.05) is 0 Å². The number of rotatable bonds is 5. The highest BCUT2D eigenvalue weighted by atomic mass is 16.5. The second kappa shape index (κ2) is 5.70. The Hall–Kier alpha value is -1.06. The van der Waals surface area contributed by atoms with E-state index >= 15 is 0 Å². The number of hydrogen-bond acceptors (Lipinski definition) is 3. The van der Waals surface area contributed by atoms with Crippen LogP contribution in [0.15, 0.2) is 0 Å². The van der Waals surface area contributed by atoms with Gasteiger partial charge in [0.1, 0.15) is 0 Å². The third-order valence-corrected chi connectivity index (χ3v) is 1.11. The van der Waals surface area contributed by atoms with E-state index < -0.39 is 0 Å². The Balaban J connectivity index is 3.24. The SMILES string of the molecule is CCOC(=O)CCCC(N)=O. The average molecular weight is 159 g/mol. The molecule has 0 aromatic rings. The summed E-state index contributed by atoms with van der Waals surface area (Å²) in [7, 11) is 0. The van der Waals surface area contributed by atoms with Crippen molar-refractivity contribution in [2.75, 3.05) is 6.61 Å². The van der Waals surface area contributed by atoms with Gasteiger partial charge in [0.15, 0.2) is 0 Å². The Morgan fingerprint density at radius 2 is 2.00 bits per heavy atom. The number of amides is 1. The van der Waals surface area contributed by atoms with Crippen LogP contribution in [-0.4, -0.2) is 18.5 Å². The fourth-order valence-electron chi connectivity index (χ4n) is 0.640. The predicted octanol–water partition coefficient (Wildman–Crippen LogP) is 0.205. The zero-order valence-electron chi connectivity index (χ0n) is 6.63. The molecule has 4 nitrogen and oxygen atoms in total. The lowest BCUT2D eigenvalue weighted by molar-refractivity contribution is -0.143. The van der Waals surface area contributed by atoms with Gasteiger partial charge in [0.05, 0.1) is 6.61 Å². The monoisotopic (exact) mass is 159 g/mol. The first-order valence-electron chi connectivity index (χ1n) is 3.60. The number of primary amides is 1. The van der Waals surface area contributed by atoms with E-state index in [9.17, 15) is 9.59 Å². The molecule has 0 unspecified atom stereocenters. The highest BCUT2D eigenvalue weighted by Crippen LogP contribution is 1.96. The van der Waals surface area contributed by atoms with Crippen molar-refractivity contribution in [1.29, 1.82) is 0 Å². The molecule has 0 saturated carbocycles. The zero-order valence-corrected chi connectivity index (χ0v) is 6.63. The molecule has 0 saturated heterocycles. The Morgan fingerprint density at radius 3 is 2.45 bits per heavy atom. The average Bonchev–Trinajstić information content (AvgIpc) is 1.87. The maximum atomic E-state index is 10.7. The van der Waals surface area contributed by atoms with Crippen LogP contribution in [-0.2, 0) is 14.3 Å². The molecule has 0 atom stereocenters. The van der Waals surface area contributed by atoms with Crippen molar-refractivity contribution in [3.05, 3.63) is 0 Å². The fourth-order valence-corrected chi connectivity index (χ4v) is 0.640. The van der Waals surface area contributed by atoms with Gasteiger partial charge in [-0.15, -0.1) is 0 Å². The van der Waals surface area contributed by atoms with Gasteiger partial charge in [-0.3, -0.25) is 9.59 Å². The zero-order chi connectivity index (χ0) is 8.69. The molecule has 0 heterocycles. The summed E-state index contributed by atoms with van der Waals surface area (Å²) in [6.07, 6.45) is 1.00. The Bertz CT molecular complexity index is 145. The molecule has 2 N–H and O–H groups in total. The number of carbonyl (C=O) groups excluding carboxylic acids is 2. The van der Waals surface area contributed by atoms with Crippen molar-refractivity contribution < 1.29 is 14.3 Å². The highest BCUT2D eigenvalue weighted by Gasteiger charge is 2.01. The molecule has 0 aromatic heterocycles. The number of hydrogen-bond donors (Lipinski definition) is 1. The molecule has 64 valence electrons. The summed E-state index contributed by atoms with van der Waals surface area (Å²) in [5.74, 6) is -0.650. The molecule has 0 spiro atoms. The molecule has 0 aliphatic carbocycles. The van der Waals surface area contributed by atoms with E-state index in [4.69, 9.17) is 5.73 Å². The molecule has 4 heteroatoms. The lowest BCUT2D eigenvalue weighted by atomic mass is 10.2. The van der Waals surface area contributed by atoms with Crippen LogP contribution in [0, 0.1) is 0 Å². The van der Waals surface area contributed by atoms with Gasteiger partial charge < -0.3 is 10.5 Å². The van der Waals surface area contributed by atoms with Crippen molar-refractivity contribution in [2.24, 2.45) is 5.73 Å². The topological polar surface area (TPSA) is 69.4 Å². The summed E-state index contributed by atoms with van der Waals surface area (Å²) in [6, 6.07) is 0. The molecular formula is C7H13NO3. The first-order chi connectivity index (χ1) is 5.16. The lowest BCUT2D eigenvalue weighted by Gasteiger charge is -1.98. The molecule has 0 radical (unpaired) electrons. The minimum absolute atomic E-state index is 0.249. The Morgan fingerprint density at radius 1 is 1.36 bits per heavy atom. The van der Waals surface area contributed by atoms with Crippen LogP contribution in [0.2, 0.25) is 0 Å². The van der Waals surface area contributed by atoms with Crippen molar-refractivity contribution >= 4 is 11.9 Å². The maximum Gasteiger partial charge on any atom is 0.305 e. The number of esters is 1. The van der Waals surface area contributed by atoms with Crippen LogP contribution in [0.4, 0.5) is 0 Å². The number of carbonyl (C=O) groups is 2. The van der Waals surface area contributed by atoms with Gasteiger partial charge in [-0.2, -0.15) is 0 Å². The van der Waals surface area contributed by atoms with Gasteiger partial charge in [0.2, 0.25) is 5.91 Å². The minimum atomic E-state index is -0.380. The van der Waals surface area contributed by atoms with E-state index in [2.05, 4.69) is 4.74 Å². The van der Waals surface area contributed by atoms with Crippen molar-refractivity contribution in [2.45, 2.75) is 26.2 Å². The van der Waals surface area contributed by atoms with Gasteiger partial charge in [-0.25, -0.2) is 0 Å². The summed E-state index contributed by atoms with van der Waals surface area (Å²) in [5.41, 5.74) is 4.86. The summed E-state index contributed by atoms with van der Waals surface area (Å²) >= 11 is 0. The van der Waals surface area contributed by atoms with Gasteiger partial charge in [0.25, 0.3) is 0 Å². The fraction of sp³-hybridized carbons (Fsp3) is 0.714. The maximum absolute atomic E-state index is 10.7. The van der Waals surface area contributed by atoms with Crippen molar-refractivity contribution in [3.63, 3.8) is 0 Å². The Kier molecular flexibility index (Phi) is 5.15. The largest absolute Gasteiger partial charge is 0.466 e. The quantitative estimate of drug-likeness (QED) is 0.583. The molecule has 0 fully saturated rings. The van der Waals surface area contributed by atoms with Gasteiger partial charge in [0, 0.05) is 12.8 Å². The van der Waals surface area contributed by atoms with Gasteiger partial charge in [-0.05, 0) is 13.3 Å². The number of ether oxygens (including phenoxy) is 1. The summed E-state index contributed by atoms with van der Waals surface area (Å²) in [4.78, 5) is 20.9. The predicted molar refractivity (Wildman–Crippen MR) is 39.7 cm³/mol. The smallest absolute Gasteiger partial charge is 0.305 e. The van der Waals surface area contributed by atoms with E-state index in [0.29, 0.717) is 13.0 Å². The molecule has 0 rings (SSSR count). The molecule has 0 bridgehead atoms. The van der Waals surface area contributed by atoms with Crippen LogP contribution in [0.5, 0.6) is 0 Å². The second-order valence-electron chi connectivity index (χ2n) is 2.12. The minimum Gasteiger partial charge on any atom is -0.466 e. The van der Waals surface area contributed by atoms with E-state index in [-0.39, 0.29) is 24.7 Å². The third-order valence-electron chi connectivity index (χ3n) is 1.11. The van der Waals surface area contributed by atoms with Crippen molar-refractivity contribution in [1.82, 2.24) is 0 Å². The van der Waals surface area contributed by atoms with E-state index in [1.54, 1.807) is 6.92 Å². The van der Waals surface area contributed by atoms with Crippen LogP contribution < -0.4 is 5.73 Å². The number of nitrogens with two attached hydrogens (primary N) is 1.